The SMILES string of the molecule is Fc1ccc(P(=[Te])(NC(=S)Nc2ccc3sc(=S)[nH]c3c2)c2ccc(F)cc2)cc1. The molecule has 0 spiro atoms. The van der Waals surface area contributed by atoms with E-state index in [2.05, 4.69) is 15.4 Å². The Morgan fingerprint density at radius 3 is 2.07 bits per heavy atom. The van der Waals surface area contributed by atoms with Gasteiger partial charge in [-0.15, -0.1) is 0 Å². The van der Waals surface area contributed by atoms with Crippen molar-refractivity contribution in [2.75, 3.05) is 5.32 Å². The van der Waals surface area contributed by atoms with Gasteiger partial charge < -0.3 is 0 Å². The van der Waals surface area contributed by atoms with Gasteiger partial charge >= 0.3 is 200 Å². The van der Waals surface area contributed by atoms with E-state index in [0.717, 1.165) is 30.5 Å². The van der Waals surface area contributed by atoms with Gasteiger partial charge in [-0.05, 0) is 0 Å². The molecule has 0 aliphatic carbocycles. The van der Waals surface area contributed by atoms with Crippen molar-refractivity contribution in [2.45, 2.75) is 0 Å². The molecule has 0 fully saturated rings. The van der Waals surface area contributed by atoms with E-state index in [1.165, 1.54) is 35.6 Å². The number of fused-ring (bicyclic) bond motifs is 1. The summed E-state index contributed by atoms with van der Waals surface area (Å²) in [7, 11) is 0. The van der Waals surface area contributed by atoms with E-state index in [1.807, 2.05) is 39.4 Å². The predicted molar refractivity (Wildman–Crippen MR) is 131 cm³/mol. The molecule has 0 amide bonds. The Bertz CT molecular complexity index is 1280. The first kappa shape index (κ1) is 21.8. The van der Waals surface area contributed by atoms with Crippen molar-refractivity contribution < 1.29 is 8.78 Å². The van der Waals surface area contributed by atoms with Gasteiger partial charge in [0.05, 0.1) is 0 Å². The molecule has 0 saturated carbocycles. The molecule has 4 aromatic rings. The Morgan fingerprint density at radius 2 is 1.50 bits per heavy atom. The Morgan fingerprint density at radius 1 is 0.933 bits per heavy atom. The van der Waals surface area contributed by atoms with Crippen LogP contribution < -0.4 is 21.0 Å². The van der Waals surface area contributed by atoms with Crippen LogP contribution in [0.4, 0.5) is 14.5 Å². The second-order valence-electron chi connectivity index (χ2n) is 6.35. The average molecular weight is 589 g/mol. The normalized spacial score (nSPS) is 11.4. The van der Waals surface area contributed by atoms with Crippen molar-refractivity contribution in [3.05, 3.63) is 82.3 Å². The maximum atomic E-state index is 13.5. The number of rotatable bonds is 4. The number of aromatic amines is 1. The summed E-state index contributed by atoms with van der Waals surface area (Å²) in [5, 5.41) is 8.88. The quantitative estimate of drug-likeness (QED) is 0.174. The van der Waals surface area contributed by atoms with Gasteiger partial charge in [-0.2, -0.15) is 0 Å². The van der Waals surface area contributed by atoms with Crippen LogP contribution in [0.1, 0.15) is 0 Å². The standard InChI is InChI=1S/C20H14F2N3PS3Te/c21-12-1-6-15(7-2-12)26(30,16-8-3-13(22)4-9-16)25-19(27)23-14-5-10-18-17(11-14)24-20(28)29-18/h1-11H,(H,24,28)(H2,23,25,27,30). The van der Waals surface area contributed by atoms with Crippen molar-refractivity contribution in [1.29, 1.82) is 0 Å². The maximum absolute atomic E-state index is 13.5. The van der Waals surface area contributed by atoms with Gasteiger partial charge in [0.1, 0.15) is 0 Å². The number of nitrogens with one attached hydrogen (secondary N) is 3. The molecule has 3 nitrogen and oxygen atoms in total. The molecule has 0 bridgehead atoms. The third-order valence-corrected chi connectivity index (χ3v) is 12.9. The Kier molecular flexibility index (Phi) is 6.50. The summed E-state index contributed by atoms with van der Waals surface area (Å²) in [5.74, 6) is -0.625. The number of halogens is 2. The average Bonchev–Trinajstić information content (AvgIpc) is 3.08. The zero-order chi connectivity index (χ0) is 21.3. The van der Waals surface area contributed by atoms with Gasteiger partial charge in [0.25, 0.3) is 0 Å². The summed E-state index contributed by atoms with van der Waals surface area (Å²) < 4.78 is 26.5. The van der Waals surface area contributed by atoms with Crippen LogP contribution in [0.25, 0.3) is 10.2 Å². The molecule has 3 N–H and O–H groups in total. The Hall–Kier alpha value is -1.46. The first-order valence-electron chi connectivity index (χ1n) is 8.68. The fourth-order valence-electron chi connectivity index (χ4n) is 2.91. The third kappa shape index (κ3) is 4.72. The summed E-state index contributed by atoms with van der Waals surface area (Å²) >= 11 is 14.2. The van der Waals surface area contributed by atoms with Crippen molar-refractivity contribution >= 4 is 93.3 Å². The summed E-state index contributed by atoms with van der Waals surface area (Å²) in [6, 6.07) is 18.5. The minimum atomic E-state index is -2.25. The molecule has 0 aliphatic rings. The van der Waals surface area contributed by atoms with Crippen LogP contribution >= 0.6 is 40.4 Å². The van der Waals surface area contributed by atoms with Crippen LogP contribution in [0.3, 0.4) is 0 Å². The molecule has 10 heteroatoms. The molecular weight excluding hydrogens is 575 g/mol. The second-order valence-corrected chi connectivity index (χ2v) is 15.6. The second kappa shape index (κ2) is 8.96. The number of aromatic nitrogens is 1. The van der Waals surface area contributed by atoms with E-state index in [9.17, 15) is 8.78 Å². The number of thiazole rings is 1. The molecule has 0 saturated heterocycles. The Labute approximate surface area is 198 Å². The minimum absolute atomic E-state index is 0.312. The van der Waals surface area contributed by atoms with Crippen LogP contribution in [-0.4, -0.2) is 31.3 Å². The fourth-order valence-corrected chi connectivity index (χ4v) is 9.98. The van der Waals surface area contributed by atoms with E-state index in [1.54, 1.807) is 24.3 Å². The van der Waals surface area contributed by atoms with Crippen molar-refractivity contribution in [3.8, 4) is 0 Å². The molecule has 0 unspecified atom stereocenters. The molecule has 1 heterocycles. The number of hydrogen-bond donors (Lipinski definition) is 3. The van der Waals surface area contributed by atoms with E-state index in [-0.39, 0.29) is 11.6 Å². The molecule has 4 rings (SSSR count). The van der Waals surface area contributed by atoms with Crippen molar-refractivity contribution in [2.24, 2.45) is 0 Å². The topological polar surface area (TPSA) is 39.8 Å². The first-order chi connectivity index (χ1) is 14.3. The van der Waals surface area contributed by atoms with Gasteiger partial charge in [-0.25, -0.2) is 0 Å². The number of H-pyrrole nitrogens is 1. The molecule has 0 aliphatic heterocycles. The van der Waals surface area contributed by atoms with Gasteiger partial charge in [0.15, 0.2) is 0 Å². The number of anilines is 1. The Balaban J connectivity index is 1.65. The fraction of sp³-hybridized carbons (Fsp3) is 0. The van der Waals surface area contributed by atoms with Crippen LogP contribution in [0.5, 0.6) is 0 Å². The zero-order valence-corrected chi connectivity index (χ0v) is 20.9. The van der Waals surface area contributed by atoms with Gasteiger partial charge in [-0.1, -0.05) is 0 Å². The summed E-state index contributed by atoms with van der Waals surface area (Å²) in [5.41, 5.74) is 1.75. The van der Waals surface area contributed by atoms with Gasteiger partial charge in [0.2, 0.25) is 0 Å². The van der Waals surface area contributed by atoms with Crippen LogP contribution in [0, 0.1) is 15.6 Å². The van der Waals surface area contributed by atoms with Crippen molar-refractivity contribution in [1.82, 2.24) is 10.1 Å². The van der Waals surface area contributed by atoms with Crippen LogP contribution in [0.15, 0.2) is 66.7 Å². The van der Waals surface area contributed by atoms with Crippen LogP contribution in [-0.2, 0) is 0 Å². The van der Waals surface area contributed by atoms with Gasteiger partial charge in [0, 0.05) is 0 Å². The molecule has 3 aromatic carbocycles. The number of thiocarbonyl (C=S) groups is 1. The summed E-state index contributed by atoms with van der Waals surface area (Å²) in [6.07, 6.45) is 0. The predicted octanol–water partition coefficient (Wildman–Crippen LogP) is 5.19. The molecule has 30 heavy (non-hydrogen) atoms. The third-order valence-electron chi connectivity index (χ3n) is 4.32. The van der Waals surface area contributed by atoms with E-state index < -0.39 is 4.64 Å². The number of benzene rings is 3. The summed E-state index contributed by atoms with van der Waals surface area (Å²) in [6.45, 7) is 0. The monoisotopic (exact) mass is 591 g/mol. The van der Waals surface area contributed by atoms with Crippen LogP contribution in [0.2, 0.25) is 0 Å². The zero-order valence-electron chi connectivity index (χ0n) is 15.2. The van der Waals surface area contributed by atoms with E-state index >= 15 is 0 Å². The molecular formula is C20H14F2N3PS3Te. The molecule has 0 radical (unpaired) electrons. The number of hydrogen-bond acceptors (Lipinski definition) is 3. The summed E-state index contributed by atoms with van der Waals surface area (Å²) in [4.78, 5) is 3.15. The molecule has 0 atom stereocenters. The van der Waals surface area contributed by atoms with E-state index in [4.69, 9.17) is 24.4 Å². The molecule has 152 valence electrons. The van der Waals surface area contributed by atoms with E-state index in [0.29, 0.717) is 5.11 Å². The molecule has 1 aromatic heterocycles. The van der Waals surface area contributed by atoms with Crippen molar-refractivity contribution in [3.63, 3.8) is 0 Å². The first-order valence-corrected chi connectivity index (χ1v) is 15.1. The van der Waals surface area contributed by atoms with Gasteiger partial charge in [-0.3, -0.25) is 0 Å².